The van der Waals surface area contributed by atoms with E-state index in [-0.39, 0.29) is 24.0 Å². The van der Waals surface area contributed by atoms with Gasteiger partial charge in [-0.15, -0.1) is 24.0 Å². The second kappa shape index (κ2) is 10.7. The summed E-state index contributed by atoms with van der Waals surface area (Å²) in [5, 5.41) is 3.30. The molecule has 0 aliphatic carbocycles. The molecule has 130 valence electrons. The van der Waals surface area contributed by atoms with E-state index in [0.717, 1.165) is 25.3 Å². The van der Waals surface area contributed by atoms with Crippen LogP contribution in [0.2, 0.25) is 0 Å². The molecule has 0 spiro atoms. The maximum atomic E-state index is 6.12. The van der Waals surface area contributed by atoms with Crippen LogP contribution in [0.15, 0.2) is 29.3 Å². The van der Waals surface area contributed by atoms with Gasteiger partial charge in [-0.25, -0.2) is 4.99 Å². The molecule has 2 rings (SSSR count). The minimum Gasteiger partial charge on any atom is -0.383 e. The van der Waals surface area contributed by atoms with Gasteiger partial charge in [0.05, 0.1) is 13.2 Å². The maximum absolute atomic E-state index is 6.12. The largest absolute Gasteiger partial charge is 0.383 e. The quantitative estimate of drug-likeness (QED) is 0.314. The van der Waals surface area contributed by atoms with Crippen molar-refractivity contribution >= 4 is 35.6 Å². The lowest BCUT2D eigenvalue weighted by molar-refractivity contribution is 0.211. The van der Waals surface area contributed by atoms with Crippen molar-refractivity contribution in [2.45, 2.75) is 26.3 Å². The summed E-state index contributed by atoms with van der Waals surface area (Å²) in [6.45, 7) is 6.48. The molecular weight excluding hydrogens is 403 g/mol. The van der Waals surface area contributed by atoms with Gasteiger partial charge >= 0.3 is 0 Å². The molecule has 1 fully saturated rings. The highest BCUT2D eigenvalue weighted by Crippen LogP contribution is 2.15. The van der Waals surface area contributed by atoms with Gasteiger partial charge in [0.15, 0.2) is 5.96 Å². The number of guanidine groups is 1. The first-order chi connectivity index (χ1) is 10.7. The zero-order valence-corrected chi connectivity index (χ0v) is 16.5. The van der Waals surface area contributed by atoms with Crippen molar-refractivity contribution in [3.8, 4) is 0 Å². The van der Waals surface area contributed by atoms with Gasteiger partial charge in [-0.3, -0.25) is 0 Å². The van der Waals surface area contributed by atoms with Gasteiger partial charge in [0.2, 0.25) is 0 Å². The van der Waals surface area contributed by atoms with Crippen LogP contribution < -0.4 is 11.1 Å². The summed E-state index contributed by atoms with van der Waals surface area (Å²) in [6, 6.07) is 8.31. The standard InChI is InChI=1S/C17H28N4O.HI/c1-14-4-3-10-21(13-14)17(18)20-12-15-5-7-16(8-6-15)19-9-11-22-2;/h5-8,14,19H,3-4,9-13H2,1-2H3,(H2,18,20);1H. The number of methoxy groups -OCH3 is 1. The highest BCUT2D eigenvalue weighted by Gasteiger charge is 2.17. The molecule has 0 aromatic heterocycles. The maximum Gasteiger partial charge on any atom is 0.191 e. The van der Waals surface area contributed by atoms with Gasteiger partial charge in [-0.1, -0.05) is 19.1 Å². The van der Waals surface area contributed by atoms with Gasteiger partial charge in [0, 0.05) is 32.4 Å². The molecular formula is C17H29IN4O. The molecule has 1 aromatic carbocycles. The Morgan fingerprint density at radius 3 is 2.78 bits per heavy atom. The first-order valence-corrected chi connectivity index (χ1v) is 8.05. The van der Waals surface area contributed by atoms with Crippen LogP contribution in [-0.4, -0.2) is 44.2 Å². The molecule has 0 saturated carbocycles. The van der Waals surface area contributed by atoms with Crippen LogP contribution in [0.4, 0.5) is 5.69 Å². The number of nitrogens with two attached hydrogens (primary N) is 1. The van der Waals surface area contributed by atoms with Gasteiger partial charge in [-0.2, -0.15) is 0 Å². The normalized spacial score (nSPS) is 18.4. The van der Waals surface area contributed by atoms with Crippen molar-refractivity contribution in [1.82, 2.24) is 4.90 Å². The Bertz CT molecular complexity index is 478. The number of anilines is 1. The Hall–Kier alpha value is -1.02. The summed E-state index contributed by atoms with van der Waals surface area (Å²) >= 11 is 0. The number of hydrogen-bond donors (Lipinski definition) is 2. The van der Waals surface area contributed by atoms with E-state index in [2.05, 4.69) is 46.4 Å². The molecule has 1 atom stereocenters. The molecule has 1 aliphatic heterocycles. The number of nitrogens with one attached hydrogen (secondary N) is 1. The topological polar surface area (TPSA) is 62.9 Å². The SMILES string of the molecule is COCCNc1ccc(CN=C(N)N2CCCC(C)C2)cc1.I. The number of aliphatic imine (C=N–C) groups is 1. The van der Waals surface area contributed by atoms with Crippen molar-refractivity contribution in [2.75, 3.05) is 38.7 Å². The summed E-state index contributed by atoms with van der Waals surface area (Å²) in [5.41, 5.74) is 8.39. The molecule has 1 saturated heterocycles. The number of hydrogen-bond acceptors (Lipinski definition) is 3. The minimum atomic E-state index is 0. The van der Waals surface area contributed by atoms with Crippen LogP contribution in [-0.2, 0) is 11.3 Å². The molecule has 0 amide bonds. The van der Waals surface area contributed by atoms with E-state index in [1.165, 1.54) is 18.4 Å². The molecule has 5 nitrogen and oxygen atoms in total. The first-order valence-electron chi connectivity index (χ1n) is 8.05. The Morgan fingerprint density at radius 1 is 1.39 bits per heavy atom. The molecule has 6 heteroatoms. The fraction of sp³-hybridized carbons (Fsp3) is 0.588. The summed E-state index contributed by atoms with van der Waals surface area (Å²) in [5.74, 6) is 1.38. The number of benzene rings is 1. The van der Waals surface area contributed by atoms with Crippen LogP contribution in [0.5, 0.6) is 0 Å². The Balaban J connectivity index is 0.00000264. The molecule has 0 bridgehead atoms. The summed E-state index contributed by atoms with van der Waals surface area (Å²) < 4.78 is 5.02. The average molecular weight is 432 g/mol. The van der Waals surface area contributed by atoms with Crippen molar-refractivity contribution < 1.29 is 4.74 Å². The average Bonchev–Trinajstić information content (AvgIpc) is 2.54. The fourth-order valence-electron chi connectivity index (χ4n) is 2.70. The number of halogens is 1. The third-order valence-corrected chi connectivity index (χ3v) is 3.99. The van der Waals surface area contributed by atoms with Crippen LogP contribution in [0.25, 0.3) is 0 Å². The molecule has 23 heavy (non-hydrogen) atoms. The molecule has 1 heterocycles. The molecule has 1 aliphatic rings. The fourth-order valence-corrected chi connectivity index (χ4v) is 2.70. The summed E-state index contributed by atoms with van der Waals surface area (Å²) in [4.78, 5) is 6.74. The highest BCUT2D eigenvalue weighted by atomic mass is 127. The third kappa shape index (κ3) is 6.95. The molecule has 1 aromatic rings. The smallest absolute Gasteiger partial charge is 0.191 e. The molecule has 3 N–H and O–H groups in total. The van der Waals surface area contributed by atoms with Crippen molar-refractivity contribution in [3.63, 3.8) is 0 Å². The second-order valence-electron chi connectivity index (χ2n) is 5.98. The predicted molar refractivity (Wildman–Crippen MR) is 108 cm³/mol. The Labute approximate surface area is 156 Å². The van der Waals surface area contributed by atoms with E-state index >= 15 is 0 Å². The zero-order chi connectivity index (χ0) is 15.8. The number of piperidine rings is 1. The van der Waals surface area contributed by atoms with Gasteiger partial charge in [0.25, 0.3) is 0 Å². The monoisotopic (exact) mass is 432 g/mol. The lowest BCUT2D eigenvalue weighted by Gasteiger charge is -2.31. The number of rotatable bonds is 6. The van der Waals surface area contributed by atoms with Gasteiger partial charge < -0.3 is 20.7 Å². The number of nitrogens with zero attached hydrogens (tertiary/aromatic N) is 2. The number of likely N-dealkylation sites (tertiary alicyclic amines) is 1. The molecule has 0 radical (unpaired) electrons. The third-order valence-electron chi connectivity index (χ3n) is 3.99. The van der Waals surface area contributed by atoms with E-state index in [1.54, 1.807) is 7.11 Å². The number of ether oxygens (including phenoxy) is 1. The zero-order valence-electron chi connectivity index (χ0n) is 14.1. The van der Waals surface area contributed by atoms with E-state index in [0.29, 0.717) is 25.0 Å². The lowest BCUT2D eigenvalue weighted by Crippen LogP contribution is -2.43. The van der Waals surface area contributed by atoms with Gasteiger partial charge in [0.1, 0.15) is 0 Å². The summed E-state index contributed by atoms with van der Waals surface area (Å²) in [6.07, 6.45) is 2.50. The van der Waals surface area contributed by atoms with E-state index in [4.69, 9.17) is 10.5 Å². The van der Waals surface area contributed by atoms with Crippen LogP contribution in [0.3, 0.4) is 0 Å². The van der Waals surface area contributed by atoms with Crippen LogP contribution in [0.1, 0.15) is 25.3 Å². The van der Waals surface area contributed by atoms with Crippen LogP contribution >= 0.6 is 24.0 Å². The van der Waals surface area contributed by atoms with Gasteiger partial charge in [-0.05, 0) is 36.5 Å². The van der Waals surface area contributed by atoms with E-state index in [9.17, 15) is 0 Å². The molecule has 1 unspecified atom stereocenters. The van der Waals surface area contributed by atoms with Crippen molar-refractivity contribution in [2.24, 2.45) is 16.6 Å². The van der Waals surface area contributed by atoms with E-state index in [1.807, 2.05) is 0 Å². The van der Waals surface area contributed by atoms with Crippen LogP contribution in [0, 0.1) is 5.92 Å². The highest BCUT2D eigenvalue weighted by molar-refractivity contribution is 14.0. The first kappa shape index (κ1) is 20.0. The lowest BCUT2D eigenvalue weighted by atomic mass is 10.0. The summed E-state index contributed by atoms with van der Waals surface area (Å²) in [7, 11) is 1.70. The minimum absolute atomic E-state index is 0. The Kier molecular flexibility index (Phi) is 9.31. The van der Waals surface area contributed by atoms with Crippen molar-refractivity contribution in [3.05, 3.63) is 29.8 Å². The van der Waals surface area contributed by atoms with E-state index < -0.39 is 0 Å². The second-order valence-corrected chi connectivity index (χ2v) is 5.98. The van der Waals surface area contributed by atoms with Crippen molar-refractivity contribution in [1.29, 1.82) is 0 Å². The predicted octanol–water partition coefficient (Wildman–Crippen LogP) is 2.91. The Morgan fingerprint density at radius 2 is 2.13 bits per heavy atom.